The first kappa shape index (κ1) is 57.2. The molecule has 0 bridgehead atoms. The number of hydrogen-bond acceptors (Lipinski definition) is 4. The van der Waals surface area contributed by atoms with E-state index in [0.717, 1.165) is 52.4 Å². The Morgan fingerprint density at radius 1 is 0.455 bits per heavy atom. The van der Waals surface area contributed by atoms with Crippen LogP contribution in [-0.4, -0.2) is 144 Å². The first-order valence-corrected chi connectivity index (χ1v) is 25.1. The molecule has 5 fully saturated rings. The topological polar surface area (TPSA) is 97.6 Å². The van der Waals surface area contributed by atoms with Gasteiger partial charge in [0.15, 0.2) is 0 Å². The molecule has 6 heterocycles. The van der Waals surface area contributed by atoms with E-state index in [1.54, 1.807) is 0 Å². The summed E-state index contributed by atoms with van der Waals surface area (Å²) in [6.07, 6.45) is 25.7. The summed E-state index contributed by atoms with van der Waals surface area (Å²) in [5.41, 5.74) is 8.65. The summed E-state index contributed by atoms with van der Waals surface area (Å²) in [6.45, 7) is 7.60. The van der Waals surface area contributed by atoms with Crippen molar-refractivity contribution in [1.82, 2.24) is 19.6 Å². The van der Waals surface area contributed by atoms with Crippen molar-refractivity contribution in [2.45, 2.75) is 165 Å². The van der Waals surface area contributed by atoms with E-state index in [1.807, 2.05) is 0 Å². The maximum atomic E-state index is 5.14. The van der Waals surface area contributed by atoms with Crippen molar-refractivity contribution in [3.8, 4) is 11.1 Å². The van der Waals surface area contributed by atoms with Crippen LogP contribution in [-0.2, 0) is 65.1 Å². The molecule has 10 nitrogen and oxygen atoms in total. The predicted octanol–water partition coefficient (Wildman–Crippen LogP) is 11.4. The van der Waals surface area contributed by atoms with Crippen LogP contribution >= 0.6 is 0 Å². The van der Waals surface area contributed by atoms with Crippen LogP contribution in [0.15, 0.2) is 48.2 Å². The van der Waals surface area contributed by atoms with Crippen LogP contribution in [0.25, 0.3) is 43.0 Å². The van der Waals surface area contributed by atoms with Crippen LogP contribution in [0.2, 0.25) is 0 Å². The van der Waals surface area contributed by atoms with Gasteiger partial charge in [0, 0.05) is 26.2 Å². The van der Waals surface area contributed by atoms with Crippen molar-refractivity contribution < 1.29 is 39.0 Å². The minimum atomic E-state index is 0. The molecule has 0 aromatic heterocycles. The molecule has 7 unspecified atom stereocenters. The smallest absolute Gasteiger partial charge is 0.686 e. The molecule has 2 aromatic carbocycles. The second-order valence-electron chi connectivity index (χ2n) is 20.4. The van der Waals surface area contributed by atoms with Gasteiger partial charge in [-0.2, -0.15) is 89.5 Å². The minimum absolute atomic E-state index is 0. The molecule has 2 aromatic rings. The summed E-state index contributed by atoms with van der Waals surface area (Å²) in [6, 6.07) is 19.8. The van der Waals surface area contributed by atoms with E-state index in [9.17, 15) is 0 Å². The third-order valence-corrected chi connectivity index (χ3v) is 13.2. The van der Waals surface area contributed by atoms with Gasteiger partial charge in [0.05, 0.1) is 0 Å². The maximum Gasteiger partial charge on any atom is 1.00 e. The Morgan fingerprint density at radius 3 is 1.15 bits per heavy atom. The number of benzene rings is 2. The number of allylic oxidation sites excluding steroid dienone is 2. The van der Waals surface area contributed by atoms with Gasteiger partial charge in [0.2, 0.25) is 0 Å². The van der Waals surface area contributed by atoms with Crippen LogP contribution in [0.4, 0.5) is 0 Å². The third kappa shape index (κ3) is 19.4. The normalized spacial score (nSPS) is 26.8. The molecule has 5 saturated heterocycles. The van der Waals surface area contributed by atoms with Gasteiger partial charge in [-0.05, 0) is 56.4 Å². The van der Waals surface area contributed by atoms with Crippen LogP contribution in [0.5, 0.6) is 0 Å². The van der Waals surface area contributed by atoms with Crippen LogP contribution in [0.3, 0.4) is 0 Å². The van der Waals surface area contributed by atoms with Gasteiger partial charge < -0.3 is 51.5 Å². The summed E-state index contributed by atoms with van der Waals surface area (Å²) in [4.78, 5) is 8.79. The number of hydrogen-bond donors (Lipinski definition) is 0. The summed E-state index contributed by atoms with van der Waals surface area (Å²) in [5.74, 6) is 0. The summed E-state index contributed by atoms with van der Waals surface area (Å²) >= 11 is 0. The maximum absolute atomic E-state index is 5.14. The van der Waals surface area contributed by atoms with E-state index in [0.29, 0.717) is 42.3 Å². The van der Waals surface area contributed by atoms with Crippen molar-refractivity contribution in [3.05, 3.63) is 114 Å². The van der Waals surface area contributed by atoms with E-state index in [4.69, 9.17) is 26.6 Å². The molecule has 2 radical (unpaired) electrons. The van der Waals surface area contributed by atoms with Crippen molar-refractivity contribution in [2.75, 3.05) is 82.6 Å². The monoisotopic (exact) mass is 1080 g/mol. The second-order valence-corrected chi connectivity index (χ2v) is 20.4. The van der Waals surface area contributed by atoms with Crippen molar-refractivity contribution in [1.29, 1.82) is 0 Å². The first-order valence-electron chi connectivity index (χ1n) is 25.1. The molecule has 6 aliphatic heterocycles. The Bertz CT molecular complexity index is 1570. The van der Waals surface area contributed by atoms with Crippen molar-refractivity contribution in [3.63, 3.8) is 0 Å². The zero-order valence-corrected chi connectivity index (χ0v) is 45.5. The van der Waals surface area contributed by atoms with E-state index >= 15 is 0 Å². The molecule has 12 heteroatoms. The molecule has 8 rings (SSSR count). The molecule has 6 aliphatic rings. The molecule has 372 valence electrons. The van der Waals surface area contributed by atoms with E-state index < -0.39 is 0 Å². The molecule has 0 aliphatic carbocycles. The average molecular weight is 1080 g/mol. The number of nitrogens with zero attached hydrogens (tertiary/aromatic N) is 10. The Balaban J connectivity index is 0.000000220. The van der Waals surface area contributed by atoms with Crippen LogP contribution in [0.1, 0.15) is 119 Å². The van der Waals surface area contributed by atoms with Gasteiger partial charge in [-0.1, -0.05) is 108 Å². The van der Waals surface area contributed by atoms with Gasteiger partial charge in [-0.15, -0.1) is 60.6 Å². The molecular formula is C54H84N10Ru2-6. The van der Waals surface area contributed by atoms with E-state index in [-0.39, 0.29) is 39.0 Å². The van der Waals surface area contributed by atoms with E-state index in [1.165, 1.54) is 135 Å². The predicted molar refractivity (Wildman–Crippen MR) is 272 cm³/mol. The van der Waals surface area contributed by atoms with E-state index in [2.05, 4.69) is 136 Å². The fraction of sp³-hybridized carbons (Fsp3) is 0.704. The minimum Gasteiger partial charge on any atom is -0.686 e. The number of piperidine rings is 5. The summed E-state index contributed by atoms with van der Waals surface area (Å²) < 4.78 is 0. The third-order valence-electron chi connectivity index (χ3n) is 13.2. The largest absolute Gasteiger partial charge is 1.00 e. The molecule has 0 saturated carbocycles. The Kier molecular flexibility index (Phi) is 26.3. The quantitative estimate of drug-likeness (QED) is 0.147. The zero-order chi connectivity index (χ0) is 45.3. The molecule has 66 heavy (non-hydrogen) atoms. The second kappa shape index (κ2) is 30.4. The average Bonchev–Trinajstić information content (AvgIpc) is 3.30. The molecule has 7 atom stereocenters. The Labute approximate surface area is 429 Å². The summed E-state index contributed by atoms with van der Waals surface area (Å²) in [7, 11) is 16.8. The van der Waals surface area contributed by atoms with Crippen LogP contribution < -0.4 is 0 Å². The van der Waals surface area contributed by atoms with Gasteiger partial charge in [-0.25, -0.2) is 0 Å². The first-order chi connectivity index (χ1) is 31.0. The summed E-state index contributed by atoms with van der Waals surface area (Å²) in [5, 5.41) is 29.2. The van der Waals surface area contributed by atoms with Crippen molar-refractivity contribution in [2.24, 2.45) is 0 Å². The molecular weight excluding hydrogens is 991 g/mol. The number of rotatable bonds is 13. The Morgan fingerprint density at radius 2 is 0.818 bits per heavy atom. The zero-order valence-electron chi connectivity index (χ0n) is 42.0. The molecule has 0 spiro atoms. The SMILES string of the molecule is C1=CC[N-]C(C2CCCC(C3CCCC[N-]3)[N-]2)=C1.C1CCC(C2CCCC(C3CCCC[N-]3)[N-]2)[N-]C1.CN(C)Cc1[c-]c(CN(C)C)cc(-c2cc(CN(C)C)[c-]c(CN(C)C)c2)c1.[Ru+].[Ru+]. The Hall–Kier alpha value is -1.39. The van der Waals surface area contributed by atoms with Gasteiger partial charge >= 0.3 is 39.0 Å². The van der Waals surface area contributed by atoms with Gasteiger partial charge in [0.1, 0.15) is 0 Å². The van der Waals surface area contributed by atoms with Crippen LogP contribution in [0, 0.1) is 12.1 Å². The fourth-order valence-corrected chi connectivity index (χ4v) is 10.4. The standard InChI is InChI=1S/C24H36N4.C15H26N3.C15H22N3.2Ru/c1-25(2)15-19-9-20(16-26(3)4)12-23(11-19)24-13-21(17-27(5)6)10-22(14-24)18-28(7)8;2*1-3-10-16-12(6-1)14-8-5-9-15(18-14)13-7-2-4-11-17-13;;/h11-14H,15-18H2,1-8H3;12-15H,1-11H2;1,3,6,13-15H,2,4-5,7-11H2;;/q-2;2*-3;2*+1. The molecule has 0 amide bonds. The van der Waals surface area contributed by atoms with Crippen molar-refractivity contribution >= 4 is 0 Å². The van der Waals surface area contributed by atoms with Gasteiger partial charge in [0.25, 0.3) is 0 Å². The van der Waals surface area contributed by atoms with Gasteiger partial charge in [-0.3, -0.25) is 0 Å². The fourth-order valence-electron chi connectivity index (χ4n) is 10.4. The molecule has 0 N–H and O–H groups in total.